The zero-order chi connectivity index (χ0) is 13.7. The first-order valence-corrected chi connectivity index (χ1v) is 7.27. The molecule has 106 valence electrons. The quantitative estimate of drug-likeness (QED) is 0.764. The number of aliphatic hydroxyl groups is 1. The fraction of sp³-hybridized carbons (Fsp3) is 0.667. The van der Waals surface area contributed by atoms with Crippen LogP contribution < -0.4 is 10.6 Å². The van der Waals surface area contributed by atoms with Crippen molar-refractivity contribution in [3.8, 4) is 0 Å². The minimum absolute atomic E-state index is 0.171. The minimum Gasteiger partial charge on any atom is -0.394 e. The minimum atomic E-state index is -0.199. The van der Waals surface area contributed by atoms with Gasteiger partial charge in [0.15, 0.2) is 0 Å². The van der Waals surface area contributed by atoms with E-state index in [1.54, 1.807) is 0 Å². The van der Waals surface area contributed by atoms with E-state index in [-0.39, 0.29) is 12.1 Å². The molecule has 19 heavy (non-hydrogen) atoms. The molecule has 0 bridgehead atoms. The van der Waals surface area contributed by atoms with Gasteiger partial charge in [-0.1, -0.05) is 25.8 Å². The third-order valence-corrected chi connectivity index (χ3v) is 3.89. The Labute approximate surface area is 115 Å². The maximum Gasteiger partial charge on any atom is 0.128 e. The molecule has 3 N–H and O–H groups in total. The van der Waals surface area contributed by atoms with Gasteiger partial charge in [0, 0.05) is 6.54 Å². The van der Waals surface area contributed by atoms with Crippen LogP contribution in [-0.2, 0) is 0 Å². The van der Waals surface area contributed by atoms with Crippen LogP contribution in [0.4, 0.5) is 11.6 Å². The summed E-state index contributed by atoms with van der Waals surface area (Å²) in [5.74, 6) is 2.39. The molecule has 1 saturated carbocycles. The van der Waals surface area contributed by atoms with E-state index in [2.05, 4.69) is 29.5 Å². The molecule has 1 aromatic rings. The predicted octanol–water partition coefficient (Wildman–Crippen LogP) is 2.87. The molecule has 0 amide bonds. The zero-order valence-corrected chi connectivity index (χ0v) is 11.9. The van der Waals surface area contributed by atoms with Crippen LogP contribution >= 0.6 is 0 Å². The number of hydrogen-bond donors (Lipinski definition) is 3. The highest BCUT2D eigenvalue weighted by Crippen LogP contribution is 2.34. The summed E-state index contributed by atoms with van der Waals surface area (Å²) < 4.78 is 0. The van der Waals surface area contributed by atoms with Crippen LogP contribution in [0.1, 0.15) is 39.5 Å². The molecule has 1 aromatic heterocycles. The Bertz CT molecular complexity index is 410. The molecule has 0 radical (unpaired) electrons. The van der Waals surface area contributed by atoms with Gasteiger partial charge >= 0.3 is 0 Å². The van der Waals surface area contributed by atoms with E-state index in [1.807, 2.05) is 18.2 Å². The molecule has 0 aromatic carbocycles. The van der Waals surface area contributed by atoms with E-state index in [0.29, 0.717) is 5.92 Å². The number of hydrogen-bond acceptors (Lipinski definition) is 4. The van der Waals surface area contributed by atoms with E-state index in [9.17, 15) is 5.11 Å². The van der Waals surface area contributed by atoms with Crippen molar-refractivity contribution in [1.82, 2.24) is 4.98 Å². The van der Waals surface area contributed by atoms with Gasteiger partial charge in [0.05, 0.1) is 12.1 Å². The number of pyridine rings is 1. The van der Waals surface area contributed by atoms with Gasteiger partial charge in [-0.05, 0) is 37.8 Å². The maximum atomic E-state index is 9.79. The summed E-state index contributed by atoms with van der Waals surface area (Å²) >= 11 is 0. The molecule has 4 nitrogen and oxygen atoms in total. The summed E-state index contributed by atoms with van der Waals surface area (Å²) in [6.45, 7) is 5.34. The Kier molecular flexibility index (Phi) is 4.64. The topological polar surface area (TPSA) is 57.2 Å². The highest BCUT2D eigenvalue weighted by molar-refractivity contribution is 5.46. The van der Waals surface area contributed by atoms with Crippen molar-refractivity contribution in [3.05, 3.63) is 18.2 Å². The van der Waals surface area contributed by atoms with Crippen LogP contribution in [0.3, 0.4) is 0 Å². The summed E-state index contributed by atoms with van der Waals surface area (Å²) in [4.78, 5) is 4.54. The maximum absolute atomic E-state index is 9.79. The molecule has 2 rings (SSSR count). The second-order valence-corrected chi connectivity index (χ2v) is 5.70. The Morgan fingerprint density at radius 3 is 2.89 bits per heavy atom. The zero-order valence-electron chi connectivity index (χ0n) is 11.9. The lowest BCUT2D eigenvalue weighted by Crippen LogP contribution is -2.46. The number of anilines is 2. The lowest BCUT2D eigenvalue weighted by Gasteiger charge is -2.39. The molecule has 1 aliphatic rings. The van der Waals surface area contributed by atoms with Crippen LogP contribution in [0.25, 0.3) is 0 Å². The standard InChI is InChI=1S/C15H25N3O/c1-3-16-13-7-4-8-14(17-13)18-15(11-19)9-5-6-12(2)10-15/h4,7-8,12,19H,3,5-6,9-11H2,1-2H3,(H2,16,17,18). The van der Waals surface area contributed by atoms with Crippen molar-refractivity contribution >= 4 is 11.6 Å². The van der Waals surface area contributed by atoms with Gasteiger partial charge in [-0.2, -0.15) is 0 Å². The third kappa shape index (κ3) is 3.60. The molecule has 2 atom stereocenters. The van der Waals surface area contributed by atoms with Gasteiger partial charge in [0.25, 0.3) is 0 Å². The van der Waals surface area contributed by atoms with E-state index < -0.39 is 0 Å². The lowest BCUT2D eigenvalue weighted by atomic mass is 9.77. The largest absolute Gasteiger partial charge is 0.394 e. The van der Waals surface area contributed by atoms with Gasteiger partial charge in [0.2, 0.25) is 0 Å². The first-order valence-electron chi connectivity index (χ1n) is 7.27. The number of nitrogens with zero attached hydrogens (tertiary/aromatic N) is 1. The molecule has 1 fully saturated rings. The second-order valence-electron chi connectivity index (χ2n) is 5.70. The SMILES string of the molecule is CCNc1cccc(NC2(CO)CCCC(C)C2)n1. The molecular weight excluding hydrogens is 238 g/mol. The van der Waals surface area contributed by atoms with Crippen LogP contribution in [0, 0.1) is 5.92 Å². The number of rotatable bonds is 5. The Hall–Kier alpha value is -1.29. The molecule has 1 aliphatic carbocycles. The van der Waals surface area contributed by atoms with Crippen molar-refractivity contribution in [2.75, 3.05) is 23.8 Å². The smallest absolute Gasteiger partial charge is 0.128 e. The lowest BCUT2D eigenvalue weighted by molar-refractivity contribution is 0.149. The number of nitrogens with one attached hydrogen (secondary N) is 2. The second kappa shape index (κ2) is 6.24. The molecule has 0 spiro atoms. The van der Waals surface area contributed by atoms with Crippen LogP contribution in [0.5, 0.6) is 0 Å². The van der Waals surface area contributed by atoms with Gasteiger partial charge in [-0.15, -0.1) is 0 Å². The van der Waals surface area contributed by atoms with Crippen LogP contribution in [0.2, 0.25) is 0 Å². The van der Waals surface area contributed by atoms with Crippen molar-refractivity contribution < 1.29 is 5.11 Å². The molecule has 4 heteroatoms. The summed E-state index contributed by atoms with van der Waals surface area (Å²) in [5, 5.41) is 16.5. The first-order chi connectivity index (χ1) is 9.17. The summed E-state index contributed by atoms with van der Waals surface area (Å²) in [6.07, 6.45) is 4.45. The highest BCUT2D eigenvalue weighted by atomic mass is 16.3. The number of aliphatic hydroxyl groups excluding tert-OH is 1. The monoisotopic (exact) mass is 263 g/mol. The Morgan fingerprint density at radius 2 is 2.21 bits per heavy atom. The Morgan fingerprint density at radius 1 is 1.42 bits per heavy atom. The molecule has 1 heterocycles. The van der Waals surface area contributed by atoms with E-state index in [1.165, 1.54) is 12.8 Å². The van der Waals surface area contributed by atoms with E-state index in [0.717, 1.165) is 31.0 Å². The summed E-state index contributed by atoms with van der Waals surface area (Å²) in [6, 6.07) is 5.92. The van der Waals surface area contributed by atoms with Crippen molar-refractivity contribution in [2.45, 2.75) is 45.1 Å². The van der Waals surface area contributed by atoms with Gasteiger partial charge in [0.1, 0.15) is 11.6 Å². The van der Waals surface area contributed by atoms with E-state index >= 15 is 0 Å². The summed E-state index contributed by atoms with van der Waals surface area (Å²) in [5.41, 5.74) is -0.199. The van der Waals surface area contributed by atoms with Crippen molar-refractivity contribution in [3.63, 3.8) is 0 Å². The molecular formula is C15H25N3O. The van der Waals surface area contributed by atoms with Gasteiger partial charge in [-0.3, -0.25) is 0 Å². The van der Waals surface area contributed by atoms with Gasteiger partial charge in [-0.25, -0.2) is 4.98 Å². The summed E-state index contributed by atoms with van der Waals surface area (Å²) in [7, 11) is 0. The van der Waals surface area contributed by atoms with Crippen molar-refractivity contribution in [2.24, 2.45) is 5.92 Å². The average molecular weight is 263 g/mol. The van der Waals surface area contributed by atoms with E-state index in [4.69, 9.17) is 0 Å². The normalized spacial score (nSPS) is 27.0. The van der Waals surface area contributed by atoms with Crippen LogP contribution in [0.15, 0.2) is 18.2 Å². The fourth-order valence-corrected chi connectivity index (χ4v) is 3.01. The van der Waals surface area contributed by atoms with Crippen LogP contribution in [-0.4, -0.2) is 28.8 Å². The highest BCUT2D eigenvalue weighted by Gasteiger charge is 2.34. The number of aromatic nitrogens is 1. The molecule has 2 unspecified atom stereocenters. The molecule has 0 aliphatic heterocycles. The third-order valence-electron chi connectivity index (χ3n) is 3.89. The average Bonchev–Trinajstić information content (AvgIpc) is 2.39. The van der Waals surface area contributed by atoms with Crippen molar-refractivity contribution in [1.29, 1.82) is 0 Å². The first kappa shape index (κ1) is 14.1. The fourth-order valence-electron chi connectivity index (χ4n) is 3.01. The molecule has 0 saturated heterocycles. The predicted molar refractivity (Wildman–Crippen MR) is 79.5 cm³/mol. The Balaban J connectivity index is 2.11. The van der Waals surface area contributed by atoms with Gasteiger partial charge < -0.3 is 15.7 Å².